The van der Waals surface area contributed by atoms with E-state index in [1.807, 2.05) is 131 Å². The second kappa shape index (κ2) is 22.2. The molecular weight excluding hydrogens is 970 g/mol. The predicted molar refractivity (Wildman–Crippen MR) is 271 cm³/mol. The van der Waals surface area contributed by atoms with Crippen molar-refractivity contribution in [3.8, 4) is 45.3 Å². The van der Waals surface area contributed by atoms with Crippen LogP contribution in [0.25, 0.3) is 45.3 Å². The van der Waals surface area contributed by atoms with E-state index in [4.69, 9.17) is 38.0 Å². The van der Waals surface area contributed by atoms with Crippen molar-refractivity contribution < 1.29 is 39.3 Å². The highest BCUT2D eigenvalue weighted by molar-refractivity contribution is 9.10. The third-order valence-electron chi connectivity index (χ3n) is 10.4. The molecule has 0 spiro atoms. The Morgan fingerprint density at radius 1 is 0.574 bits per heavy atom. The number of carbonyl (C=O) groups is 2. The molecule has 6 aromatic carbocycles. The van der Waals surface area contributed by atoms with Crippen LogP contribution >= 0.6 is 39.1 Å². The van der Waals surface area contributed by atoms with E-state index >= 15 is 0 Å². The van der Waals surface area contributed by atoms with Gasteiger partial charge in [-0.3, -0.25) is 9.13 Å². The molecule has 8 rings (SSSR count). The fourth-order valence-corrected chi connectivity index (χ4v) is 7.42. The Labute approximate surface area is 413 Å². The van der Waals surface area contributed by atoms with Crippen molar-refractivity contribution in [2.45, 2.75) is 38.9 Å². The van der Waals surface area contributed by atoms with E-state index in [0.29, 0.717) is 44.2 Å². The van der Waals surface area contributed by atoms with E-state index in [1.54, 1.807) is 45.9 Å². The first-order valence-corrected chi connectivity index (χ1v) is 22.6. The van der Waals surface area contributed by atoms with Gasteiger partial charge in [0.1, 0.15) is 22.9 Å². The number of halogens is 3. The molecule has 8 aromatic rings. The Morgan fingerprint density at radius 2 is 1.00 bits per heavy atom. The Hall–Kier alpha value is -6.36. The summed E-state index contributed by atoms with van der Waals surface area (Å²) in [6.45, 7) is 6.84. The fourth-order valence-electron chi connectivity index (χ4n) is 6.71. The van der Waals surface area contributed by atoms with Gasteiger partial charge < -0.3 is 29.7 Å². The number of hydrogen-bond acceptors (Lipinski definition) is 10. The lowest BCUT2D eigenvalue weighted by atomic mass is 9.80. The zero-order chi connectivity index (χ0) is 49.3. The third-order valence-corrected chi connectivity index (χ3v) is 11.6. The zero-order valence-electron chi connectivity index (χ0n) is 37.9. The van der Waals surface area contributed by atoms with Gasteiger partial charge >= 0.3 is 19.1 Å². The summed E-state index contributed by atoms with van der Waals surface area (Å²) in [6.07, 6.45) is 3.67. The van der Waals surface area contributed by atoms with Gasteiger partial charge in [0, 0.05) is 39.4 Å². The first-order chi connectivity index (χ1) is 32.3. The molecule has 0 aliphatic rings. The number of ether oxygens (including phenoxy) is 2. The van der Waals surface area contributed by atoms with Crippen LogP contribution in [-0.2, 0) is 20.7 Å². The van der Waals surface area contributed by atoms with Crippen LogP contribution in [0.3, 0.4) is 0 Å². The number of esters is 2. The number of carbonyl (C=O) groups excluding carboxylic acids is 2. The number of rotatable bonds is 10. The molecule has 2 aromatic heterocycles. The number of hydrogen-bond donors (Lipinski definition) is 4. The van der Waals surface area contributed by atoms with Crippen LogP contribution in [0.15, 0.2) is 162 Å². The van der Waals surface area contributed by atoms with Crippen LogP contribution in [-0.4, -0.2) is 72.6 Å². The lowest BCUT2D eigenvalue weighted by Gasteiger charge is -2.13. The normalized spacial score (nSPS) is 11.1. The zero-order valence-corrected chi connectivity index (χ0v) is 41.0. The van der Waals surface area contributed by atoms with Crippen molar-refractivity contribution in [3.63, 3.8) is 0 Å². The summed E-state index contributed by atoms with van der Waals surface area (Å²) < 4.78 is 14.2. The summed E-state index contributed by atoms with van der Waals surface area (Å²) in [5.74, 6) is 0.483. The quantitative estimate of drug-likeness (QED) is 0.0764. The summed E-state index contributed by atoms with van der Waals surface area (Å²) in [5, 5.41) is 39.7. The highest BCUT2D eigenvalue weighted by Crippen LogP contribution is 2.34. The van der Waals surface area contributed by atoms with Crippen LogP contribution in [0, 0.1) is 0 Å². The monoisotopic (exact) mass is 1020 g/mol. The molecule has 2 heterocycles. The molecule has 0 amide bonds. The van der Waals surface area contributed by atoms with Gasteiger partial charge in [-0.2, -0.15) is 0 Å². The second-order valence-electron chi connectivity index (χ2n) is 16.3. The molecule has 4 N–H and O–H groups in total. The predicted octanol–water partition coefficient (Wildman–Crippen LogP) is 10.2. The molecule has 0 unspecified atom stereocenters. The van der Waals surface area contributed by atoms with Crippen molar-refractivity contribution in [3.05, 3.63) is 195 Å². The van der Waals surface area contributed by atoms with Crippen molar-refractivity contribution in [1.29, 1.82) is 0 Å². The smallest absolute Gasteiger partial charge is 0.465 e. The molecule has 348 valence electrons. The number of aromatic nitrogens is 4. The maximum absolute atomic E-state index is 11.9. The number of aliphatic hydroxyl groups is 2. The lowest BCUT2D eigenvalue weighted by molar-refractivity contribution is 0.0592. The molecule has 0 aliphatic heterocycles. The summed E-state index contributed by atoms with van der Waals surface area (Å²) in [5.41, 5.74) is 5.36. The summed E-state index contributed by atoms with van der Waals surface area (Å²) in [6, 6.07) is 44.1. The molecule has 68 heavy (non-hydrogen) atoms. The van der Waals surface area contributed by atoms with Crippen LogP contribution in [0.5, 0.6) is 0 Å². The minimum Gasteiger partial charge on any atom is -0.465 e. The molecule has 0 radical (unpaired) electrons. The highest BCUT2D eigenvalue weighted by atomic mass is 79.9. The van der Waals surface area contributed by atoms with Gasteiger partial charge in [-0.1, -0.05) is 99.8 Å². The Balaban J connectivity index is 0.000000184. The number of methoxy groups -OCH3 is 2. The Morgan fingerprint density at radius 3 is 1.43 bits per heavy atom. The minimum atomic E-state index is -1.57. The number of benzene rings is 6. The van der Waals surface area contributed by atoms with E-state index < -0.39 is 24.3 Å². The van der Waals surface area contributed by atoms with Crippen LogP contribution in [0.1, 0.15) is 59.8 Å². The molecular formula is C52H48BBrCl2N4O8. The first kappa shape index (κ1) is 51.0. The van der Waals surface area contributed by atoms with Gasteiger partial charge in [0.2, 0.25) is 0 Å². The minimum absolute atomic E-state index is 0.267. The van der Waals surface area contributed by atoms with E-state index in [2.05, 4.69) is 30.6 Å². The van der Waals surface area contributed by atoms with Gasteiger partial charge in [0.15, 0.2) is 0 Å². The Kier molecular flexibility index (Phi) is 16.6. The van der Waals surface area contributed by atoms with Gasteiger partial charge in [-0.15, -0.1) is 0 Å². The van der Waals surface area contributed by atoms with Gasteiger partial charge in [0.25, 0.3) is 0 Å². The average molecular weight is 1020 g/mol. The van der Waals surface area contributed by atoms with E-state index in [1.165, 1.54) is 32.4 Å². The van der Waals surface area contributed by atoms with Crippen molar-refractivity contribution in [2.75, 3.05) is 14.2 Å². The van der Waals surface area contributed by atoms with E-state index in [0.717, 1.165) is 38.1 Å². The van der Waals surface area contributed by atoms with Crippen molar-refractivity contribution in [2.24, 2.45) is 0 Å². The largest absolute Gasteiger partial charge is 0.488 e. The molecule has 0 fully saturated rings. The van der Waals surface area contributed by atoms with Gasteiger partial charge in [0.05, 0.1) is 46.8 Å². The highest BCUT2D eigenvalue weighted by Gasteiger charge is 2.25. The van der Waals surface area contributed by atoms with Crippen LogP contribution in [0.2, 0.25) is 10.0 Å². The molecule has 12 nitrogen and oxygen atoms in total. The molecule has 16 heteroatoms. The number of nitrogens with zero attached hydrogens (tertiary/aromatic N) is 4. The summed E-state index contributed by atoms with van der Waals surface area (Å²) >= 11 is 16.2. The topological polar surface area (TPSA) is 169 Å². The molecule has 0 saturated carbocycles. The van der Waals surface area contributed by atoms with E-state index in [9.17, 15) is 19.8 Å². The van der Waals surface area contributed by atoms with Crippen molar-refractivity contribution in [1.82, 2.24) is 19.1 Å². The Bertz CT molecular complexity index is 3020. The maximum Gasteiger partial charge on any atom is 0.488 e. The van der Waals surface area contributed by atoms with E-state index in [-0.39, 0.29) is 11.4 Å². The summed E-state index contributed by atoms with van der Waals surface area (Å²) in [4.78, 5) is 32.2. The molecule has 0 bridgehead atoms. The fraction of sp³-hybridized carbons (Fsp3) is 0.154. The average Bonchev–Trinajstić information content (AvgIpc) is 3.99. The maximum atomic E-state index is 11.9. The first-order valence-electron chi connectivity index (χ1n) is 21.0. The standard InChI is InChI=1S/C26H23ClN2O3.C18H16BrClN2O.C8H9BO4/c1-26(2,31)23-16-29(24(28-23)21-9-4-5-10-22(21)27)20-13-11-17(12-14-20)18-7-6-8-19(15-18)25(30)32-3;1-18(2,23)16-11-22(13-9-7-12(19)8-10-13)17(21-16)14-5-3-4-6-15(14)20;1-13-8(10)6-3-2-4-7(5-6)9(11)12/h4-16,31H,1-3H3;3-11,23H,1-2H3;2-5,11-12H,1H3. The van der Waals surface area contributed by atoms with Crippen LogP contribution < -0.4 is 5.46 Å². The number of imidazole rings is 2. The van der Waals surface area contributed by atoms with Gasteiger partial charge in [-0.25, -0.2) is 19.6 Å². The SMILES string of the molecule is CC(C)(O)c1cn(-c2ccc(Br)cc2)c(-c2ccccc2Cl)n1.COC(=O)c1cccc(-c2ccc(-n3cc(C(C)(C)O)nc3-c3ccccc3Cl)cc2)c1.COC(=O)c1cccc(B(O)O)c1. The molecule has 0 saturated heterocycles. The second-order valence-corrected chi connectivity index (χ2v) is 18.0. The summed E-state index contributed by atoms with van der Waals surface area (Å²) in [7, 11) is 1.07. The van der Waals surface area contributed by atoms with Crippen molar-refractivity contribution >= 4 is 63.7 Å². The van der Waals surface area contributed by atoms with Gasteiger partial charge in [-0.05, 0) is 129 Å². The van der Waals surface area contributed by atoms with Crippen LogP contribution in [0.4, 0.5) is 0 Å². The lowest BCUT2D eigenvalue weighted by Crippen LogP contribution is -2.30. The molecule has 0 aliphatic carbocycles. The molecule has 0 atom stereocenters. The third kappa shape index (κ3) is 12.6.